The lowest BCUT2D eigenvalue weighted by Crippen LogP contribution is -2.32. The summed E-state index contributed by atoms with van der Waals surface area (Å²) in [4.78, 5) is 37.3. The molecule has 1 aromatic carbocycles. The van der Waals surface area contributed by atoms with Gasteiger partial charge in [-0.1, -0.05) is 6.07 Å². The third-order valence-electron chi connectivity index (χ3n) is 4.36. The number of benzene rings is 1. The van der Waals surface area contributed by atoms with Crippen LogP contribution in [0.3, 0.4) is 0 Å². The number of ether oxygens (including phenoxy) is 2. The molecule has 10 heteroatoms. The number of phenols is 1. The summed E-state index contributed by atoms with van der Waals surface area (Å²) in [7, 11) is 2.67. The smallest absolute Gasteiger partial charge is 0.341 e. The maximum Gasteiger partial charge on any atom is 0.341 e. The number of fused-ring (bicyclic) bond motifs is 1. The van der Waals surface area contributed by atoms with Crippen LogP contribution in [0.15, 0.2) is 23.3 Å². The van der Waals surface area contributed by atoms with E-state index in [9.17, 15) is 19.5 Å². The number of hydrogen-bond donors (Lipinski definition) is 3. The van der Waals surface area contributed by atoms with Crippen molar-refractivity contribution in [3.8, 4) is 11.5 Å². The van der Waals surface area contributed by atoms with Crippen LogP contribution in [0.1, 0.15) is 32.8 Å². The Morgan fingerprint density at radius 2 is 2.00 bits per heavy atom. The third kappa shape index (κ3) is 4.21. The zero-order chi connectivity index (χ0) is 21.0. The summed E-state index contributed by atoms with van der Waals surface area (Å²) in [5.74, 6) is -2.44. The van der Waals surface area contributed by atoms with E-state index in [1.165, 1.54) is 31.8 Å². The predicted molar refractivity (Wildman–Crippen MR) is 107 cm³/mol. The van der Waals surface area contributed by atoms with E-state index in [4.69, 9.17) is 9.47 Å². The maximum atomic E-state index is 12.2. The van der Waals surface area contributed by atoms with E-state index >= 15 is 0 Å². The number of nitrogens with one attached hydrogen (secondary N) is 2. The minimum atomic E-state index is -1.02. The SMILES string of the molecule is COC(=O)c1c(NC(=O)C(=O)NN=Cc2cccc(OC)c2O)sc2c1CCC2. The number of carbonyl (C=O) groups is 3. The van der Waals surface area contributed by atoms with Crippen molar-refractivity contribution in [1.29, 1.82) is 0 Å². The number of hydrogen-bond acceptors (Lipinski definition) is 8. The Kier molecular flexibility index (Phi) is 6.13. The van der Waals surface area contributed by atoms with Crippen molar-refractivity contribution in [2.24, 2.45) is 5.10 Å². The van der Waals surface area contributed by atoms with Gasteiger partial charge in [0.2, 0.25) is 0 Å². The monoisotopic (exact) mass is 417 g/mol. The number of aromatic hydroxyl groups is 1. The highest BCUT2D eigenvalue weighted by atomic mass is 32.1. The number of para-hydroxylation sites is 1. The van der Waals surface area contributed by atoms with Crippen LogP contribution in [0.2, 0.25) is 0 Å². The fraction of sp³-hybridized carbons (Fsp3) is 0.263. The summed E-state index contributed by atoms with van der Waals surface area (Å²) in [6.07, 6.45) is 3.67. The largest absolute Gasteiger partial charge is 0.504 e. The van der Waals surface area contributed by atoms with E-state index in [-0.39, 0.29) is 16.5 Å². The number of esters is 1. The Morgan fingerprint density at radius 1 is 1.21 bits per heavy atom. The molecule has 3 N–H and O–H groups in total. The van der Waals surface area contributed by atoms with Gasteiger partial charge in [0, 0.05) is 10.4 Å². The predicted octanol–water partition coefficient (Wildman–Crippen LogP) is 1.83. The minimum absolute atomic E-state index is 0.145. The number of phenolic OH excluding ortho intramolecular Hbond substituents is 1. The quantitative estimate of drug-likeness (QED) is 0.295. The summed E-state index contributed by atoms with van der Waals surface area (Å²) < 4.78 is 9.79. The van der Waals surface area contributed by atoms with Gasteiger partial charge in [0.15, 0.2) is 11.5 Å². The number of methoxy groups -OCH3 is 2. The number of aryl methyl sites for hydroxylation is 1. The van der Waals surface area contributed by atoms with Gasteiger partial charge in [-0.15, -0.1) is 11.3 Å². The van der Waals surface area contributed by atoms with Gasteiger partial charge in [0.25, 0.3) is 0 Å². The molecular weight excluding hydrogens is 398 g/mol. The maximum absolute atomic E-state index is 12.2. The number of rotatable bonds is 5. The van der Waals surface area contributed by atoms with E-state index < -0.39 is 17.8 Å². The normalized spacial score (nSPS) is 12.5. The van der Waals surface area contributed by atoms with E-state index in [1.807, 2.05) is 0 Å². The number of nitrogens with zero attached hydrogens (tertiary/aromatic N) is 1. The molecule has 0 atom stereocenters. The summed E-state index contributed by atoms with van der Waals surface area (Å²) in [5.41, 5.74) is 3.55. The van der Waals surface area contributed by atoms with Gasteiger partial charge in [0.05, 0.1) is 26.0 Å². The molecule has 1 aliphatic carbocycles. The molecule has 29 heavy (non-hydrogen) atoms. The molecule has 0 bridgehead atoms. The Bertz CT molecular complexity index is 998. The number of amides is 2. The first-order chi connectivity index (χ1) is 14.0. The lowest BCUT2D eigenvalue weighted by atomic mass is 10.1. The Morgan fingerprint density at radius 3 is 2.72 bits per heavy atom. The van der Waals surface area contributed by atoms with Gasteiger partial charge in [-0.2, -0.15) is 5.10 Å². The first-order valence-electron chi connectivity index (χ1n) is 8.69. The van der Waals surface area contributed by atoms with Crippen LogP contribution in [0, 0.1) is 0 Å². The highest BCUT2D eigenvalue weighted by molar-refractivity contribution is 7.17. The molecule has 0 aliphatic heterocycles. The van der Waals surface area contributed by atoms with Crippen molar-refractivity contribution >= 4 is 40.3 Å². The Balaban J connectivity index is 1.68. The van der Waals surface area contributed by atoms with E-state index in [2.05, 4.69) is 15.8 Å². The van der Waals surface area contributed by atoms with Crippen LogP contribution in [0.5, 0.6) is 11.5 Å². The molecule has 9 nitrogen and oxygen atoms in total. The van der Waals surface area contributed by atoms with E-state index in [0.717, 1.165) is 29.7 Å². The molecular formula is C19H19N3O6S. The molecule has 1 heterocycles. The summed E-state index contributed by atoms with van der Waals surface area (Å²) in [6.45, 7) is 0. The van der Waals surface area contributed by atoms with Crippen LogP contribution in [0.25, 0.3) is 0 Å². The van der Waals surface area contributed by atoms with Crippen LogP contribution in [0.4, 0.5) is 5.00 Å². The standard InChI is InChI=1S/C19H19N3O6S/c1-27-12-7-3-5-10(15(12)23)9-20-22-17(25)16(24)21-18-14(19(26)28-2)11-6-4-8-13(11)29-18/h3,5,7,9,23H,4,6,8H2,1-2H3,(H,21,24)(H,22,25). The summed E-state index contributed by atoms with van der Waals surface area (Å²) >= 11 is 1.27. The second kappa shape index (κ2) is 8.74. The van der Waals surface area contributed by atoms with Crippen LogP contribution in [-0.2, 0) is 27.2 Å². The lowest BCUT2D eigenvalue weighted by Gasteiger charge is -2.06. The lowest BCUT2D eigenvalue weighted by molar-refractivity contribution is -0.136. The van der Waals surface area contributed by atoms with Gasteiger partial charge >= 0.3 is 17.8 Å². The van der Waals surface area contributed by atoms with Crippen molar-refractivity contribution < 1.29 is 29.0 Å². The van der Waals surface area contributed by atoms with Crippen molar-refractivity contribution in [2.45, 2.75) is 19.3 Å². The van der Waals surface area contributed by atoms with Gasteiger partial charge in [-0.3, -0.25) is 9.59 Å². The highest BCUT2D eigenvalue weighted by Gasteiger charge is 2.29. The Labute approximate surface area is 170 Å². The average molecular weight is 417 g/mol. The molecule has 2 aromatic rings. The number of hydrazone groups is 1. The Hall–Kier alpha value is -3.40. The zero-order valence-corrected chi connectivity index (χ0v) is 16.6. The van der Waals surface area contributed by atoms with Crippen LogP contribution in [-0.4, -0.2) is 43.3 Å². The van der Waals surface area contributed by atoms with Crippen molar-refractivity contribution in [3.63, 3.8) is 0 Å². The van der Waals surface area contributed by atoms with Crippen molar-refractivity contribution in [1.82, 2.24) is 5.43 Å². The molecule has 152 valence electrons. The average Bonchev–Trinajstić information content (AvgIpc) is 3.29. The van der Waals surface area contributed by atoms with Gasteiger partial charge in [0.1, 0.15) is 5.00 Å². The number of thiophene rings is 1. The fourth-order valence-corrected chi connectivity index (χ4v) is 4.26. The molecule has 1 aliphatic rings. The molecule has 2 amide bonds. The first kappa shape index (κ1) is 20.3. The van der Waals surface area contributed by atoms with Gasteiger partial charge in [-0.25, -0.2) is 10.2 Å². The molecule has 0 spiro atoms. The molecule has 0 saturated carbocycles. The van der Waals surface area contributed by atoms with E-state index in [1.54, 1.807) is 18.2 Å². The molecule has 0 radical (unpaired) electrons. The second-order valence-corrected chi connectivity index (χ2v) is 7.21. The second-order valence-electron chi connectivity index (χ2n) is 6.10. The molecule has 0 unspecified atom stereocenters. The van der Waals surface area contributed by atoms with Crippen LogP contribution < -0.4 is 15.5 Å². The van der Waals surface area contributed by atoms with Crippen molar-refractivity contribution in [3.05, 3.63) is 39.8 Å². The number of carbonyl (C=O) groups excluding carboxylic acids is 3. The molecule has 0 saturated heterocycles. The zero-order valence-electron chi connectivity index (χ0n) is 15.8. The summed E-state index contributed by atoms with van der Waals surface area (Å²) in [6, 6.07) is 4.76. The summed E-state index contributed by atoms with van der Waals surface area (Å²) in [5, 5.41) is 16.4. The van der Waals surface area contributed by atoms with Crippen molar-refractivity contribution in [2.75, 3.05) is 19.5 Å². The number of anilines is 1. The van der Waals surface area contributed by atoms with Gasteiger partial charge < -0.3 is 19.9 Å². The third-order valence-corrected chi connectivity index (χ3v) is 5.57. The molecule has 1 aromatic heterocycles. The highest BCUT2D eigenvalue weighted by Crippen LogP contribution is 2.39. The van der Waals surface area contributed by atoms with E-state index in [0.29, 0.717) is 11.1 Å². The topological polar surface area (TPSA) is 126 Å². The minimum Gasteiger partial charge on any atom is -0.504 e. The fourth-order valence-electron chi connectivity index (χ4n) is 2.99. The van der Waals surface area contributed by atoms with Crippen LogP contribution >= 0.6 is 11.3 Å². The first-order valence-corrected chi connectivity index (χ1v) is 9.51. The van der Waals surface area contributed by atoms with Gasteiger partial charge in [-0.05, 0) is 37.0 Å². The molecule has 3 rings (SSSR count). The molecule has 0 fully saturated rings.